The van der Waals surface area contributed by atoms with Crippen molar-refractivity contribution in [1.82, 2.24) is 4.98 Å². The lowest BCUT2D eigenvalue weighted by Crippen LogP contribution is -2.33. The van der Waals surface area contributed by atoms with Crippen LogP contribution in [-0.4, -0.2) is 37.4 Å². The first-order chi connectivity index (χ1) is 14.5. The molecule has 1 aromatic heterocycles. The topological polar surface area (TPSA) is 117 Å². The van der Waals surface area contributed by atoms with Crippen LogP contribution in [0.25, 0.3) is 11.3 Å². The van der Waals surface area contributed by atoms with E-state index in [0.717, 1.165) is 28.2 Å². The molecule has 3 aromatic rings. The molecule has 10 heteroatoms. The highest BCUT2D eigenvalue weighted by Crippen LogP contribution is 2.42. The van der Waals surface area contributed by atoms with E-state index in [2.05, 4.69) is 9.71 Å². The number of nitrogens with one attached hydrogen (secondary N) is 1. The number of nitrogens with zero attached hydrogens (tertiary/aromatic N) is 2. The molecule has 0 bridgehead atoms. The molecule has 1 aliphatic rings. The zero-order valence-electron chi connectivity index (χ0n) is 16.9. The third-order valence-corrected chi connectivity index (χ3v) is 7.55. The maximum atomic E-state index is 12.6. The first kappa shape index (κ1) is 21.0. The molecule has 4 rings (SSSR count). The van der Waals surface area contributed by atoms with Crippen molar-refractivity contribution >= 4 is 44.1 Å². The molecule has 8 nitrogen and oxygen atoms in total. The number of carboxylic acid groups (broad SMARTS) is 1. The van der Waals surface area contributed by atoms with Crippen LogP contribution in [0.4, 0.5) is 10.8 Å². The van der Waals surface area contributed by atoms with Crippen LogP contribution >= 0.6 is 11.3 Å². The molecule has 31 heavy (non-hydrogen) atoms. The highest BCUT2D eigenvalue weighted by molar-refractivity contribution is 7.93. The highest BCUT2D eigenvalue weighted by atomic mass is 32.2. The number of aromatic nitrogens is 1. The number of hydrogen-bond donors (Lipinski definition) is 2. The standard InChI is InChI=1S/C21H19N3O5S2/c1-21(2)15-10-13(6-9-17(15)24(3)19(21)27)16-11-30-20(22-16)23-31(28,29)14-7-4-12(5-8-14)18(25)26/h4-11H,1-3H3,(H,22,23)(H,25,26). The van der Waals surface area contributed by atoms with Gasteiger partial charge in [0.1, 0.15) is 0 Å². The van der Waals surface area contributed by atoms with Crippen LogP contribution in [0.15, 0.2) is 52.7 Å². The fourth-order valence-electron chi connectivity index (χ4n) is 3.54. The van der Waals surface area contributed by atoms with Gasteiger partial charge in [-0.05, 0) is 55.8 Å². The number of carboxylic acids is 1. The summed E-state index contributed by atoms with van der Waals surface area (Å²) in [7, 11) is -2.17. The number of carbonyl (C=O) groups excluding carboxylic acids is 1. The zero-order chi connectivity index (χ0) is 22.6. The predicted molar refractivity (Wildman–Crippen MR) is 118 cm³/mol. The molecule has 0 spiro atoms. The second-order valence-corrected chi connectivity index (χ2v) is 10.2. The van der Waals surface area contributed by atoms with Crippen molar-refractivity contribution in [2.24, 2.45) is 0 Å². The minimum atomic E-state index is -3.91. The zero-order valence-corrected chi connectivity index (χ0v) is 18.5. The first-order valence-electron chi connectivity index (χ1n) is 9.25. The van der Waals surface area contributed by atoms with E-state index in [1.165, 1.54) is 24.3 Å². The van der Waals surface area contributed by atoms with Crippen molar-refractivity contribution < 1.29 is 23.1 Å². The van der Waals surface area contributed by atoms with Crippen molar-refractivity contribution in [2.45, 2.75) is 24.2 Å². The van der Waals surface area contributed by atoms with Gasteiger partial charge in [-0.2, -0.15) is 0 Å². The fourth-order valence-corrected chi connectivity index (χ4v) is 5.51. The van der Waals surface area contributed by atoms with Gasteiger partial charge in [0.05, 0.1) is 21.6 Å². The third-order valence-electron chi connectivity index (χ3n) is 5.30. The number of sulfonamides is 1. The Labute approximate surface area is 183 Å². The number of fused-ring (bicyclic) bond motifs is 1. The van der Waals surface area contributed by atoms with Gasteiger partial charge in [0.2, 0.25) is 5.91 Å². The summed E-state index contributed by atoms with van der Waals surface area (Å²) in [6, 6.07) is 10.6. The minimum absolute atomic E-state index is 0.000792. The normalized spacial score (nSPS) is 15.1. The van der Waals surface area contributed by atoms with Gasteiger partial charge in [0.15, 0.2) is 5.13 Å². The van der Waals surface area contributed by atoms with Crippen LogP contribution in [0, 0.1) is 0 Å². The molecule has 0 saturated carbocycles. The number of thiazole rings is 1. The van der Waals surface area contributed by atoms with Crippen LogP contribution in [0.5, 0.6) is 0 Å². The molecule has 0 atom stereocenters. The predicted octanol–water partition coefficient (Wildman–Crippen LogP) is 3.56. The second kappa shape index (κ2) is 7.17. The number of likely N-dealkylation sites (N-methyl/N-ethyl adjacent to an activating group) is 1. The van der Waals surface area contributed by atoms with E-state index < -0.39 is 21.4 Å². The summed E-state index contributed by atoms with van der Waals surface area (Å²) in [6.45, 7) is 3.75. The molecule has 0 unspecified atom stereocenters. The van der Waals surface area contributed by atoms with Gasteiger partial charge in [-0.1, -0.05) is 6.07 Å². The maximum absolute atomic E-state index is 12.6. The molecule has 2 N–H and O–H groups in total. The van der Waals surface area contributed by atoms with E-state index in [4.69, 9.17) is 5.11 Å². The summed E-state index contributed by atoms with van der Waals surface area (Å²) in [4.78, 5) is 29.4. The molecule has 160 valence electrons. The molecule has 1 aliphatic heterocycles. The van der Waals surface area contributed by atoms with Gasteiger partial charge in [0.25, 0.3) is 10.0 Å². The van der Waals surface area contributed by atoms with E-state index in [0.29, 0.717) is 5.69 Å². The summed E-state index contributed by atoms with van der Waals surface area (Å²) < 4.78 is 27.6. The van der Waals surface area contributed by atoms with Crippen LogP contribution in [-0.2, 0) is 20.2 Å². The Bertz CT molecular complexity index is 1310. The number of benzene rings is 2. The quantitative estimate of drug-likeness (QED) is 0.605. The molecular weight excluding hydrogens is 438 g/mol. The van der Waals surface area contributed by atoms with Crippen molar-refractivity contribution in [3.63, 3.8) is 0 Å². The lowest BCUT2D eigenvalue weighted by Gasteiger charge is -2.16. The van der Waals surface area contributed by atoms with Gasteiger partial charge in [0, 0.05) is 23.7 Å². The summed E-state index contributed by atoms with van der Waals surface area (Å²) in [5.74, 6) is -1.12. The molecule has 2 aromatic carbocycles. The van der Waals surface area contributed by atoms with E-state index in [-0.39, 0.29) is 21.5 Å². The summed E-state index contributed by atoms with van der Waals surface area (Å²) in [5, 5.41) is 10.9. The number of aromatic carboxylic acids is 1. The summed E-state index contributed by atoms with van der Waals surface area (Å²) >= 11 is 1.14. The highest BCUT2D eigenvalue weighted by Gasteiger charge is 2.42. The molecule has 0 aliphatic carbocycles. The van der Waals surface area contributed by atoms with Gasteiger partial charge >= 0.3 is 5.97 Å². The average molecular weight is 458 g/mol. The molecule has 0 fully saturated rings. The molecule has 0 saturated heterocycles. The van der Waals surface area contributed by atoms with E-state index in [9.17, 15) is 18.0 Å². The Morgan fingerprint density at radius 3 is 2.48 bits per heavy atom. The molecule has 1 amide bonds. The van der Waals surface area contributed by atoms with Gasteiger partial charge in [-0.25, -0.2) is 18.2 Å². The summed E-state index contributed by atoms with van der Waals surface area (Å²) in [6.07, 6.45) is 0. The smallest absolute Gasteiger partial charge is 0.335 e. The lowest BCUT2D eigenvalue weighted by atomic mass is 9.85. The van der Waals surface area contributed by atoms with Gasteiger partial charge < -0.3 is 10.0 Å². The Hall–Kier alpha value is -3.24. The number of hydrogen-bond acceptors (Lipinski definition) is 6. The van der Waals surface area contributed by atoms with E-state index in [1.54, 1.807) is 17.3 Å². The van der Waals surface area contributed by atoms with Crippen LogP contribution in [0.3, 0.4) is 0 Å². The van der Waals surface area contributed by atoms with Crippen molar-refractivity contribution in [2.75, 3.05) is 16.7 Å². The molecule has 2 heterocycles. The first-order valence-corrected chi connectivity index (χ1v) is 11.6. The van der Waals surface area contributed by atoms with Crippen LogP contribution < -0.4 is 9.62 Å². The number of carbonyl (C=O) groups is 2. The minimum Gasteiger partial charge on any atom is -0.478 e. The molecule has 0 radical (unpaired) electrons. The van der Waals surface area contributed by atoms with Crippen molar-refractivity contribution in [3.05, 3.63) is 59.0 Å². The third kappa shape index (κ3) is 3.57. The van der Waals surface area contributed by atoms with Crippen LogP contribution in [0.1, 0.15) is 29.8 Å². The van der Waals surface area contributed by atoms with Crippen molar-refractivity contribution in [1.29, 1.82) is 0 Å². The summed E-state index contributed by atoms with van der Waals surface area (Å²) in [5.41, 5.74) is 2.46. The van der Waals surface area contributed by atoms with E-state index in [1.807, 2.05) is 32.0 Å². The Balaban J connectivity index is 1.60. The van der Waals surface area contributed by atoms with Gasteiger partial charge in [-0.15, -0.1) is 11.3 Å². The average Bonchev–Trinajstić information content (AvgIpc) is 3.25. The number of rotatable bonds is 5. The monoisotopic (exact) mass is 457 g/mol. The molecular formula is C21H19N3O5S2. The largest absolute Gasteiger partial charge is 0.478 e. The van der Waals surface area contributed by atoms with E-state index >= 15 is 0 Å². The Morgan fingerprint density at radius 2 is 1.84 bits per heavy atom. The Morgan fingerprint density at radius 1 is 1.16 bits per heavy atom. The lowest BCUT2D eigenvalue weighted by molar-refractivity contribution is -0.121. The van der Waals surface area contributed by atoms with Gasteiger partial charge in [-0.3, -0.25) is 9.52 Å². The number of anilines is 2. The second-order valence-electron chi connectivity index (χ2n) is 7.69. The van der Waals surface area contributed by atoms with Crippen LogP contribution in [0.2, 0.25) is 0 Å². The Kier molecular flexibility index (Phi) is 4.86. The maximum Gasteiger partial charge on any atom is 0.335 e. The SMILES string of the molecule is CN1C(=O)C(C)(C)c2cc(-c3csc(NS(=O)(=O)c4ccc(C(=O)O)cc4)n3)ccc21. The number of amides is 1. The fraction of sp³-hybridized carbons (Fsp3) is 0.190. The van der Waals surface area contributed by atoms with Crippen molar-refractivity contribution in [3.8, 4) is 11.3 Å².